The van der Waals surface area contributed by atoms with Gasteiger partial charge in [0.15, 0.2) is 0 Å². The fourth-order valence-electron chi connectivity index (χ4n) is 2.32. The molecule has 0 amide bonds. The molecule has 0 bridgehead atoms. The maximum absolute atomic E-state index is 12.2. The average molecular weight is 348 g/mol. The molecule has 1 aromatic carbocycles. The molecule has 3 aromatic rings. The van der Waals surface area contributed by atoms with Crippen molar-refractivity contribution in [3.05, 3.63) is 47.1 Å². The van der Waals surface area contributed by atoms with Crippen molar-refractivity contribution >= 4 is 15.7 Å². The first-order chi connectivity index (χ1) is 11.3. The van der Waals surface area contributed by atoms with Crippen LogP contribution in [0, 0.1) is 0 Å². The van der Waals surface area contributed by atoms with E-state index in [9.17, 15) is 13.2 Å². The molecule has 126 valence electrons. The number of aromatic nitrogens is 3. The molecule has 0 spiro atoms. The van der Waals surface area contributed by atoms with Gasteiger partial charge in [0.05, 0.1) is 17.7 Å². The molecule has 2 heterocycles. The predicted molar refractivity (Wildman–Crippen MR) is 88.7 cm³/mol. The molecule has 0 saturated carbocycles. The van der Waals surface area contributed by atoms with Crippen LogP contribution in [-0.4, -0.2) is 48.3 Å². The molecular weight excluding hydrogens is 332 g/mol. The van der Waals surface area contributed by atoms with Crippen LogP contribution in [0.2, 0.25) is 0 Å². The van der Waals surface area contributed by atoms with Crippen molar-refractivity contribution < 1.29 is 13.2 Å². The van der Waals surface area contributed by atoms with E-state index in [1.807, 2.05) is 0 Å². The lowest BCUT2D eigenvalue weighted by Crippen LogP contribution is -2.22. The van der Waals surface area contributed by atoms with Gasteiger partial charge in [-0.15, -0.1) is 0 Å². The van der Waals surface area contributed by atoms with Crippen LogP contribution < -0.4 is 10.4 Å². The van der Waals surface area contributed by atoms with Gasteiger partial charge in [-0.25, -0.2) is 22.5 Å². The molecule has 0 aliphatic rings. The third kappa shape index (κ3) is 2.57. The number of imidazole rings is 1. The van der Waals surface area contributed by atoms with Gasteiger partial charge >= 0.3 is 5.69 Å². The van der Waals surface area contributed by atoms with Crippen molar-refractivity contribution in [2.24, 2.45) is 0 Å². The molecule has 0 radical (unpaired) electrons. The summed E-state index contributed by atoms with van der Waals surface area (Å²) in [7, 11) is 0.810. The highest BCUT2D eigenvalue weighted by atomic mass is 32.2. The topological polar surface area (TPSA) is 96.8 Å². The number of benzene rings is 1. The summed E-state index contributed by atoms with van der Waals surface area (Å²) in [5, 5.41) is 0. The first-order valence-corrected chi connectivity index (χ1v) is 8.46. The van der Waals surface area contributed by atoms with Gasteiger partial charge in [-0.05, 0) is 18.2 Å². The summed E-state index contributed by atoms with van der Waals surface area (Å²) >= 11 is 0. The molecule has 1 N–H and O–H groups in total. The second-order valence-electron chi connectivity index (χ2n) is 5.29. The molecular formula is C15H16N4O4S. The molecule has 0 saturated heterocycles. The number of H-pyrrole nitrogens is 1. The molecule has 3 rings (SSSR count). The zero-order chi connectivity index (χ0) is 17.5. The van der Waals surface area contributed by atoms with Crippen LogP contribution in [0.3, 0.4) is 0 Å². The fourth-order valence-corrected chi connectivity index (χ4v) is 3.23. The van der Waals surface area contributed by atoms with E-state index in [0.29, 0.717) is 22.7 Å². The lowest BCUT2D eigenvalue weighted by atomic mass is 10.1. The quantitative estimate of drug-likeness (QED) is 0.757. The predicted octanol–water partition coefficient (Wildman–Crippen LogP) is 0.948. The zero-order valence-corrected chi connectivity index (χ0v) is 14.2. The van der Waals surface area contributed by atoms with Gasteiger partial charge in [-0.3, -0.25) is 4.40 Å². The van der Waals surface area contributed by atoms with Crippen LogP contribution in [0.15, 0.2) is 46.3 Å². The van der Waals surface area contributed by atoms with Crippen molar-refractivity contribution in [2.75, 3.05) is 21.2 Å². The summed E-state index contributed by atoms with van der Waals surface area (Å²) in [6.07, 6.45) is 3.09. The Bertz CT molecular complexity index is 1070. The van der Waals surface area contributed by atoms with Gasteiger partial charge in [-0.2, -0.15) is 0 Å². The normalized spacial score (nSPS) is 12.0. The van der Waals surface area contributed by atoms with E-state index in [1.165, 1.54) is 43.9 Å². The number of ether oxygens (including phenoxy) is 1. The molecule has 2 aromatic heterocycles. The number of sulfonamides is 1. The summed E-state index contributed by atoms with van der Waals surface area (Å²) in [6.45, 7) is 0. The monoisotopic (exact) mass is 348 g/mol. The number of nitrogens with one attached hydrogen (secondary N) is 1. The zero-order valence-electron chi connectivity index (χ0n) is 13.3. The first kappa shape index (κ1) is 16.2. The highest BCUT2D eigenvalue weighted by Crippen LogP contribution is 2.32. The van der Waals surface area contributed by atoms with Gasteiger partial charge < -0.3 is 9.72 Å². The van der Waals surface area contributed by atoms with Crippen LogP contribution in [0.5, 0.6) is 5.75 Å². The molecule has 24 heavy (non-hydrogen) atoms. The Morgan fingerprint density at radius 2 is 2.00 bits per heavy atom. The highest BCUT2D eigenvalue weighted by molar-refractivity contribution is 7.89. The van der Waals surface area contributed by atoms with Crippen LogP contribution in [-0.2, 0) is 10.0 Å². The number of rotatable bonds is 4. The SMILES string of the molecule is COc1cc(S(=O)(=O)N(C)C)ccc1-c1cn2c(=O)[nH]ccc2n1. The molecule has 0 atom stereocenters. The number of aromatic amines is 1. The molecule has 0 aliphatic heterocycles. The van der Waals surface area contributed by atoms with Crippen molar-refractivity contribution in [2.45, 2.75) is 4.90 Å². The Labute approximate surface area is 138 Å². The van der Waals surface area contributed by atoms with E-state index < -0.39 is 10.0 Å². The number of nitrogens with zero attached hydrogens (tertiary/aromatic N) is 3. The standard InChI is InChI=1S/C15H16N4O4S/c1-18(2)24(21,22)10-4-5-11(13(8-10)23-3)12-9-19-14(17-12)6-7-16-15(19)20/h4-9H,1-3H3,(H,16,20). The van der Waals surface area contributed by atoms with Gasteiger partial charge in [0.25, 0.3) is 0 Å². The minimum atomic E-state index is -3.57. The highest BCUT2D eigenvalue weighted by Gasteiger charge is 2.20. The second kappa shape index (κ2) is 5.77. The Morgan fingerprint density at radius 3 is 2.62 bits per heavy atom. The number of hydrogen-bond acceptors (Lipinski definition) is 5. The Hall–Kier alpha value is -2.65. The largest absolute Gasteiger partial charge is 0.496 e. The van der Waals surface area contributed by atoms with Gasteiger partial charge in [0.1, 0.15) is 11.4 Å². The van der Waals surface area contributed by atoms with Gasteiger partial charge in [0.2, 0.25) is 10.0 Å². The van der Waals surface area contributed by atoms with Crippen LogP contribution >= 0.6 is 0 Å². The van der Waals surface area contributed by atoms with Crippen molar-refractivity contribution in [1.29, 1.82) is 0 Å². The summed E-state index contributed by atoms with van der Waals surface area (Å²) < 4.78 is 32.3. The van der Waals surface area contributed by atoms with E-state index in [0.717, 1.165) is 4.31 Å². The summed E-state index contributed by atoms with van der Waals surface area (Å²) in [5.41, 5.74) is 1.29. The number of fused-ring (bicyclic) bond motifs is 1. The van der Waals surface area contributed by atoms with E-state index in [2.05, 4.69) is 9.97 Å². The van der Waals surface area contributed by atoms with Gasteiger partial charge in [-0.1, -0.05) is 0 Å². The van der Waals surface area contributed by atoms with Crippen LogP contribution in [0.1, 0.15) is 0 Å². The van der Waals surface area contributed by atoms with Gasteiger partial charge in [0, 0.05) is 38.1 Å². The third-order valence-corrected chi connectivity index (χ3v) is 5.43. The summed E-state index contributed by atoms with van der Waals surface area (Å²) in [5.74, 6) is 0.359. The average Bonchev–Trinajstić information content (AvgIpc) is 2.99. The molecule has 0 fully saturated rings. The first-order valence-electron chi connectivity index (χ1n) is 7.02. The lowest BCUT2D eigenvalue weighted by molar-refractivity contribution is 0.414. The minimum Gasteiger partial charge on any atom is -0.496 e. The number of hydrogen-bond donors (Lipinski definition) is 1. The molecule has 9 heteroatoms. The van der Waals surface area contributed by atoms with E-state index >= 15 is 0 Å². The third-order valence-electron chi connectivity index (χ3n) is 3.62. The Balaban J connectivity index is 2.17. The summed E-state index contributed by atoms with van der Waals surface area (Å²) in [4.78, 5) is 18.9. The van der Waals surface area contributed by atoms with E-state index in [1.54, 1.807) is 18.3 Å². The number of methoxy groups -OCH3 is 1. The van der Waals surface area contributed by atoms with Crippen molar-refractivity contribution in [1.82, 2.24) is 18.7 Å². The minimum absolute atomic E-state index is 0.120. The van der Waals surface area contributed by atoms with Crippen LogP contribution in [0.25, 0.3) is 16.9 Å². The maximum Gasteiger partial charge on any atom is 0.331 e. The molecule has 8 nitrogen and oxygen atoms in total. The van der Waals surface area contributed by atoms with Crippen LogP contribution in [0.4, 0.5) is 0 Å². The molecule has 0 unspecified atom stereocenters. The summed E-state index contributed by atoms with van der Waals surface area (Å²) in [6, 6.07) is 6.22. The fraction of sp³-hybridized carbons (Fsp3) is 0.200. The second-order valence-corrected chi connectivity index (χ2v) is 7.44. The van der Waals surface area contributed by atoms with Crippen molar-refractivity contribution in [3.8, 4) is 17.0 Å². The van der Waals surface area contributed by atoms with Crippen molar-refractivity contribution in [3.63, 3.8) is 0 Å². The maximum atomic E-state index is 12.2. The smallest absolute Gasteiger partial charge is 0.331 e. The lowest BCUT2D eigenvalue weighted by Gasteiger charge is -2.13. The van der Waals surface area contributed by atoms with E-state index in [-0.39, 0.29) is 10.6 Å². The molecule has 0 aliphatic carbocycles. The Kier molecular flexibility index (Phi) is 3.90. The Morgan fingerprint density at radius 1 is 1.25 bits per heavy atom. The van der Waals surface area contributed by atoms with E-state index in [4.69, 9.17) is 4.74 Å².